The number of hydrogen-bond acceptors (Lipinski definition) is 3. The molecule has 4 heteroatoms. The molecule has 1 unspecified atom stereocenters. The second kappa shape index (κ2) is 5.89. The maximum absolute atomic E-state index is 8.10. The highest BCUT2D eigenvalue weighted by molar-refractivity contribution is 7.86. The molecule has 20 heavy (non-hydrogen) atoms. The average molecular weight is 281 g/mol. The van der Waals surface area contributed by atoms with Crippen LogP contribution >= 0.6 is 0 Å². The van der Waals surface area contributed by atoms with Crippen LogP contribution in [-0.2, 0) is 10.7 Å². The lowest BCUT2D eigenvalue weighted by atomic mass is 10.3. The number of aromatic nitrogens is 1. The first-order valence-corrected chi connectivity index (χ1v) is 7.90. The molecule has 0 saturated carbocycles. The number of nitrogens with one attached hydrogen (secondary N) is 1. The van der Waals surface area contributed by atoms with Crippen molar-refractivity contribution in [1.82, 2.24) is 4.98 Å². The van der Waals surface area contributed by atoms with E-state index in [0.29, 0.717) is 0 Å². The Morgan fingerprint density at radius 1 is 1.20 bits per heavy atom. The summed E-state index contributed by atoms with van der Waals surface area (Å²) in [6.07, 6.45) is 2.55. The van der Waals surface area contributed by atoms with E-state index in [4.69, 9.17) is 4.78 Å². The molecule has 100 valence electrons. The third kappa shape index (κ3) is 2.73. The molecule has 0 fully saturated rings. The van der Waals surface area contributed by atoms with Gasteiger partial charge in [0.1, 0.15) is 5.69 Å². The van der Waals surface area contributed by atoms with Crippen molar-refractivity contribution in [3.05, 3.63) is 54.4 Å². The van der Waals surface area contributed by atoms with Crippen molar-refractivity contribution in [3.63, 3.8) is 0 Å². The minimum atomic E-state index is -0.404. The van der Waals surface area contributed by atoms with Crippen LogP contribution in [0.1, 0.15) is 12.1 Å². The van der Waals surface area contributed by atoms with E-state index in [9.17, 15) is 0 Å². The Balaban J connectivity index is 1.64. The average Bonchev–Trinajstić information content (AvgIpc) is 2.82. The van der Waals surface area contributed by atoms with Crippen molar-refractivity contribution < 1.29 is 0 Å². The van der Waals surface area contributed by atoms with E-state index in [0.717, 1.165) is 29.4 Å². The lowest BCUT2D eigenvalue weighted by Gasteiger charge is -2.16. The summed E-state index contributed by atoms with van der Waals surface area (Å²) in [5.74, 6) is 7.03. The Morgan fingerprint density at radius 2 is 2.05 bits per heavy atom. The first-order valence-electron chi connectivity index (χ1n) is 6.50. The summed E-state index contributed by atoms with van der Waals surface area (Å²) in [6, 6.07) is 14.0. The van der Waals surface area contributed by atoms with Gasteiger partial charge < -0.3 is 4.90 Å². The van der Waals surface area contributed by atoms with E-state index >= 15 is 0 Å². The quantitative estimate of drug-likeness (QED) is 0.859. The molecule has 0 radical (unpaired) electrons. The second-order valence-electron chi connectivity index (χ2n) is 4.52. The van der Waals surface area contributed by atoms with Crippen molar-refractivity contribution in [2.45, 2.75) is 11.3 Å². The van der Waals surface area contributed by atoms with Gasteiger partial charge in [-0.3, -0.25) is 4.78 Å². The Labute approximate surface area is 121 Å². The van der Waals surface area contributed by atoms with Gasteiger partial charge in [0, 0.05) is 24.1 Å². The number of nitrogens with zero attached hydrogens (tertiary/aromatic N) is 2. The maximum Gasteiger partial charge on any atom is 0.113 e. The van der Waals surface area contributed by atoms with Crippen LogP contribution in [0.2, 0.25) is 0 Å². The van der Waals surface area contributed by atoms with E-state index < -0.39 is 10.7 Å². The fourth-order valence-electron chi connectivity index (χ4n) is 2.19. The maximum atomic E-state index is 8.10. The third-order valence-electron chi connectivity index (χ3n) is 3.14. The minimum Gasteiger partial charge on any atom is -0.359 e. The number of fused-ring (bicyclic) bond motifs is 1. The minimum absolute atomic E-state index is 0.404. The monoisotopic (exact) mass is 281 g/mol. The van der Waals surface area contributed by atoms with Gasteiger partial charge in [-0.05, 0) is 30.2 Å². The molecular weight excluding hydrogens is 266 g/mol. The summed E-state index contributed by atoms with van der Waals surface area (Å²) in [7, 11) is -0.404. The molecule has 1 aromatic carbocycles. The summed E-state index contributed by atoms with van der Waals surface area (Å²) in [5, 5.41) is 0. The zero-order valence-corrected chi connectivity index (χ0v) is 11.9. The van der Waals surface area contributed by atoms with E-state index in [2.05, 4.69) is 33.9 Å². The van der Waals surface area contributed by atoms with Crippen molar-refractivity contribution in [2.75, 3.05) is 17.3 Å². The summed E-state index contributed by atoms with van der Waals surface area (Å²) in [5.41, 5.74) is 2.01. The van der Waals surface area contributed by atoms with Crippen LogP contribution in [0.25, 0.3) is 0 Å². The van der Waals surface area contributed by atoms with Gasteiger partial charge in [-0.2, -0.15) is 0 Å². The second-order valence-corrected chi connectivity index (χ2v) is 6.00. The van der Waals surface area contributed by atoms with Gasteiger partial charge in [-0.1, -0.05) is 34.8 Å². The Morgan fingerprint density at radius 3 is 2.90 bits per heavy atom. The summed E-state index contributed by atoms with van der Waals surface area (Å²) < 4.78 is 8.10. The predicted octanol–water partition coefficient (Wildman–Crippen LogP) is 3.04. The molecule has 1 atom stereocenters. The molecule has 1 N–H and O–H groups in total. The highest BCUT2D eigenvalue weighted by Crippen LogP contribution is 2.31. The number of para-hydroxylation sites is 1. The lowest BCUT2D eigenvalue weighted by molar-refractivity contribution is 0.898. The van der Waals surface area contributed by atoms with Crippen molar-refractivity contribution >= 4 is 16.4 Å². The molecule has 0 spiro atoms. The van der Waals surface area contributed by atoms with Gasteiger partial charge in [-0.15, -0.1) is 0 Å². The van der Waals surface area contributed by atoms with Crippen LogP contribution in [0, 0.1) is 16.6 Å². The predicted molar refractivity (Wildman–Crippen MR) is 82.7 cm³/mol. The molecule has 3 nitrogen and oxygen atoms in total. The topological polar surface area (TPSA) is 40.0 Å². The fourth-order valence-corrected chi connectivity index (χ4v) is 3.60. The van der Waals surface area contributed by atoms with E-state index in [-0.39, 0.29) is 0 Å². The lowest BCUT2D eigenvalue weighted by Crippen LogP contribution is -2.21. The smallest absolute Gasteiger partial charge is 0.113 e. The zero-order chi connectivity index (χ0) is 13.8. The van der Waals surface area contributed by atoms with Crippen LogP contribution in [0.4, 0.5) is 5.69 Å². The van der Waals surface area contributed by atoms with Crippen LogP contribution in [0.15, 0.2) is 53.6 Å². The molecule has 1 aromatic heterocycles. The molecule has 1 aliphatic rings. The first kappa shape index (κ1) is 12.9. The van der Waals surface area contributed by atoms with Gasteiger partial charge in [0.25, 0.3) is 0 Å². The highest BCUT2D eigenvalue weighted by Gasteiger charge is 2.21. The molecular formula is C16H15N3S. The number of pyridine rings is 1. The third-order valence-corrected chi connectivity index (χ3v) is 4.59. The highest BCUT2D eigenvalue weighted by atomic mass is 32.2. The Bertz CT molecular complexity index is 686. The zero-order valence-electron chi connectivity index (χ0n) is 11.0. The van der Waals surface area contributed by atoms with Crippen molar-refractivity contribution in [2.24, 2.45) is 0 Å². The van der Waals surface area contributed by atoms with Crippen LogP contribution in [-0.4, -0.2) is 17.4 Å². The molecule has 1 aliphatic heterocycles. The Kier molecular flexibility index (Phi) is 3.80. The number of rotatable bonds is 2. The standard InChI is InChI=1S/C16H15N3S/c17-20-13-19(15-9-1-2-10-16(15)20)12-6-4-8-14-7-3-5-11-18-14/h1-3,5,7,9-11,17H,6,12-13H2. The van der Waals surface area contributed by atoms with E-state index in [1.807, 2.05) is 30.3 Å². The number of anilines is 1. The fraction of sp³-hybridized carbons (Fsp3) is 0.188. The molecule has 0 saturated heterocycles. The van der Waals surface area contributed by atoms with Crippen LogP contribution in [0.5, 0.6) is 0 Å². The van der Waals surface area contributed by atoms with Gasteiger partial charge in [0.05, 0.1) is 11.6 Å². The van der Waals surface area contributed by atoms with E-state index in [1.165, 1.54) is 5.69 Å². The summed E-state index contributed by atoms with van der Waals surface area (Å²) >= 11 is 0. The normalized spacial score (nSPS) is 16.4. The molecule has 0 amide bonds. The SMILES string of the molecule is N=S1CN(CCC#Cc2ccccn2)c2ccccc21. The van der Waals surface area contributed by atoms with E-state index in [1.54, 1.807) is 6.20 Å². The van der Waals surface area contributed by atoms with Crippen LogP contribution in [0.3, 0.4) is 0 Å². The molecule has 3 rings (SSSR count). The molecule has 2 aromatic rings. The molecule has 0 bridgehead atoms. The molecule has 2 heterocycles. The van der Waals surface area contributed by atoms with Crippen molar-refractivity contribution in [3.8, 4) is 11.8 Å². The van der Waals surface area contributed by atoms with Gasteiger partial charge >= 0.3 is 0 Å². The van der Waals surface area contributed by atoms with Gasteiger partial charge in [0.2, 0.25) is 0 Å². The van der Waals surface area contributed by atoms with Crippen LogP contribution < -0.4 is 4.90 Å². The summed E-state index contributed by atoms with van der Waals surface area (Å²) in [4.78, 5) is 7.60. The van der Waals surface area contributed by atoms with Gasteiger partial charge in [0.15, 0.2) is 0 Å². The van der Waals surface area contributed by atoms with Crippen molar-refractivity contribution in [1.29, 1.82) is 4.78 Å². The largest absolute Gasteiger partial charge is 0.359 e. The number of hydrogen-bond donors (Lipinski definition) is 1. The Hall–Kier alpha value is -2.12. The number of benzene rings is 1. The molecule has 0 aliphatic carbocycles. The summed E-state index contributed by atoms with van der Waals surface area (Å²) in [6.45, 7) is 0.874. The first-order chi connectivity index (χ1) is 9.84. The van der Waals surface area contributed by atoms with Gasteiger partial charge in [-0.25, -0.2) is 4.98 Å².